The van der Waals surface area contributed by atoms with E-state index in [0.29, 0.717) is 34.2 Å². The maximum atomic E-state index is 10.8. The van der Waals surface area contributed by atoms with E-state index in [1.807, 2.05) is 0 Å². The average Bonchev–Trinajstić information content (AvgIpc) is 2.74. The minimum absolute atomic E-state index is 0.0734. The van der Waals surface area contributed by atoms with Crippen molar-refractivity contribution in [2.24, 2.45) is 50.2 Å². The minimum Gasteiger partial charge on any atom is -0.396 e. The number of aliphatic hydroxyl groups excluding tert-OH is 2. The van der Waals surface area contributed by atoms with Crippen LogP contribution < -0.4 is 0 Å². The lowest BCUT2D eigenvalue weighted by Crippen LogP contribution is -2.66. The van der Waals surface area contributed by atoms with Crippen molar-refractivity contribution in [1.82, 2.24) is 0 Å². The first kappa shape index (κ1) is 23.4. The molecule has 4 saturated carbocycles. The fraction of sp³-hybridized carbons (Fsp3) is 0.933. The molecule has 4 fully saturated rings. The first-order valence-corrected chi connectivity index (χ1v) is 13.8. The summed E-state index contributed by atoms with van der Waals surface area (Å²) in [6.07, 6.45) is 14.8. The van der Waals surface area contributed by atoms with Gasteiger partial charge in [-0.3, -0.25) is 0 Å². The first-order chi connectivity index (χ1) is 14.8. The molecule has 9 atom stereocenters. The van der Waals surface area contributed by atoms with Gasteiger partial charge in [0.25, 0.3) is 0 Å². The third-order valence-corrected chi connectivity index (χ3v) is 13.3. The van der Waals surface area contributed by atoms with Crippen LogP contribution in [-0.2, 0) is 0 Å². The molecule has 0 aliphatic heterocycles. The standard InChI is InChI=1S/C30H50O2/c1-25(2)20-8-10-22-28(5,21(20)9-11-24(25)32)15-17-30(7)23-18-26(3,19-31)12-13-27(23,4)14-16-29(22,30)6/h8,21-24,31-32H,9-19H2,1-7H3/t21-,22+,23+,24+,26-,27-,28+,29-,30+/m1/s1. The molecule has 0 radical (unpaired) electrons. The normalized spacial score (nSPS) is 56.8. The summed E-state index contributed by atoms with van der Waals surface area (Å²) < 4.78 is 0. The van der Waals surface area contributed by atoms with Gasteiger partial charge in [0.05, 0.1) is 6.10 Å². The highest BCUT2D eigenvalue weighted by molar-refractivity contribution is 5.30. The average molecular weight is 443 g/mol. The van der Waals surface area contributed by atoms with Gasteiger partial charge in [0.2, 0.25) is 0 Å². The predicted molar refractivity (Wildman–Crippen MR) is 132 cm³/mol. The maximum Gasteiger partial charge on any atom is 0.0628 e. The van der Waals surface area contributed by atoms with Crippen LogP contribution in [0.4, 0.5) is 0 Å². The number of hydrogen-bond donors (Lipinski definition) is 2. The van der Waals surface area contributed by atoms with Crippen molar-refractivity contribution < 1.29 is 10.2 Å². The number of hydrogen-bond acceptors (Lipinski definition) is 2. The Labute approximate surface area is 197 Å². The lowest BCUT2D eigenvalue weighted by atomic mass is 9.31. The topological polar surface area (TPSA) is 40.5 Å². The van der Waals surface area contributed by atoms with Gasteiger partial charge in [-0.05, 0) is 109 Å². The molecule has 5 aliphatic carbocycles. The second kappa shape index (κ2) is 6.87. The van der Waals surface area contributed by atoms with Gasteiger partial charge in [-0.2, -0.15) is 0 Å². The summed E-state index contributed by atoms with van der Waals surface area (Å²) in [6.45, 7) is 17.9. The Hall–Kier alpha value is -0.340. The zero-order valence-corrected chi connectivity index (χ0v) is 22.1. The van der Waals surface area contributed by atoms with Crippen LogP contribution in [0.2, 0.25) is 0 Å². The largest absolute Gasteiger partial charge is 0.396 e. The second-order valence-corrected chi connectivity index (χ2v) is 15.0. The molecule has 5 rings (SSSR count). The summed E-state index contributed by atoms with van der Waals surface area (Å²) in [5, 5.41) is 21.1. The van der Waals surface area contributed by atoms with Crippen molar-refractivity contribution in [1.29, 1.82) is 0 Å². The van der Waals surface area contributed by atoms with Crippen molar-refractivity contribution in [3.8, 4) is 0 Å². The molecule has 2 N–H and O–H groups in total. The number of allylic oxidation sites excluding steroid dienone is 1. The lowest BCUT2D eigenvalue weighted by Gasteiger charge is -2.73. The summed E-state index contributed by atoms with van der Waals surface area (Å²) in [6, 6.07) is 0. The van der Waals surface area contributed by atoms with Crippen LogP contribution in [0.15, 0.2) is 11.6 Å². The van der Waals surface area contributed by atoms with Gasteiger partial charge in [0.1, 0.15) is 0 Å². The number of fused-ring (bicyclic) bond motifs is 7. The van der Waals surface area contributed by atoms with Gasteiger partial charge < -0.3 is 10.2 Å². The Kier molecular flexibility index (Phi) is 5.02. The summed E-state index contributed by atoms with van der Waals surface area (Å²) >= 11 is 0. The van der Waals surface area contributed by atoms with E-state index in [2.05, 4.69) is 54.5 Å². The van der Waals surface area contributed by atoms with Gasteiger partial charge >= 0.3 is 0 Å². The van der Waals surface area contributed by atoms with E-state index in [9.17, 15) is 10.2 Å². The molecular weight excluding hydrogens is 392 g/mol. The predicted octanol–water partition coefficient (Wildman–Crippen LogP) is 7.14. The monoisotopic (exact) mass is 442 g/mol. The summed E-state index contributed by atoms with van der Waals surface area (Å²) in [7, 11) is 0. The Morgan fingerprint density at radius 1 is 0.812 bits per heavy atom. The van der Waals surface area contributed by atoms with Gasteiger partial charge in [-0.15, -0.1) is 0 Å². The summed E-state index contributed by atoms with van der Waals surface area (Å²) in [5.74, 6) is 2.10. The minimum atomic E-state index is -0.191. The zero-order chi connectivity index (χ0) is 23.4. The lowest BCUT2D eigenvalue weighted by molar-refractivity contribution is -0.233. The van der Waals surface area contributed by atoms with Gasteiger partial charge in [-0.25, -0.2) is 0 Å². The fourth-order valence-electron chi connectivity index (χ4n) is 10.5. The number of aliphatic hydroxyl groups is 2. The van der Waals surface area contributed by atoms with Crippen molar-refractivity contribution in [2.45, 2.75) is 119 Å². The van der Waals surface area contributed by atoms with E-state index >= 15 is 0 Å². The summed E-state index contributed by atoms with van der Waals surface area (Å²) in [5.41, 5.74) is 3.14. The van der Waals surface area contributed by atoms with Crippen LogP contribution in [0.3, 0.4) is 0 Å². The first-order valence-electron chi connectivity index (χ1n) is 13.8. The van der Waals surface area contributed by atoms with Crippen molar-refractivity contribution in [2.75, 3.05) is 6.61 Å². The van der Waals surface area contributed by atoms with E-state index in [1.165, 1.54) is 57.8 Å². The van der Waals surface area contributed by atoms with Crippen molar-refractivity contribution in [3.05, 3.63) is 11.6 Å². The summed E-state index contributed by atoms with van der Waals surface area (Å²) in [4.78, 5) is 0. The highest BCUT2D eigenvalue weighted by atomic mass is 16.3. The highest BCUT2D eigenvalue weighted by Gasteiger charge is 2.69. The molecule has 0 heterocycles. The molecule has 0 aromatic heterocycles. The molecule has 32 heavy (non-hydrogen) atoms. The van der Waals surface area contributed by atoms with Gasteiger partial charge in [-0.1, -0.05) is 60.1 Å². The molecule has 0 aromatic carbocycles. The third-order valence-electron chi connectivity index (χ3n) is 13.3. The van der Waals surface area contributed by atoms with Crippen LogP contribution in [0.5, 0.6) is 0 Å². The molecular formula is C30H50O2. The van der Waals surface area contributed by atoms with E-state index in [-0.39, 0.29) is 16.9 Å². The molecule has 182 valence electrons. The van der Waals surface area contributed by atoms with Crippen LogP contribution in [-0.4, -0.2) is 22.9 Å². The molecule has 2 nitrogen and oxygen atoms in total. The van der Waals surface area contributed by atoms with E-state index < -0.39 is 0 Å². The van der Waals surface area contributed by atoms with Gasteiger partial charge in [0, 0.05) is 12.0 Å². The fourth-order valence-corrected chi connectivity index (χ4v) is 10.5. The molecule has 2 heteroatoms. The SMILES string of the molecule is CC1(C)C2=CC[C@H]3[C@@](C)(CC[C@@]4(C)[C@H]5C[C@](C)(CO)CC[C@]5(C)CC[C@]34C)[C@@H]2CC[C@@H]1O. The molecule has 0 unspecified atom stereocenters. The molecule has 0 spiro atoms. The Balaban J connectivity index is 1.56. The van der Waals surface area contributed by atoms with Gasteiger partial charge in [0.15, 0.2) is 0 Å². The smallest absolute Gasteiger partial charge is 0.0628 e. The van der Waals surface area contributed by atoms with Crippen molar-refractivity contribution in [3.63, 3.8) is 0 Å². The van der Waals surface area contributed by atoms with Crippen LogP contribution in [0.25, 0.3) is 0 Å². The van der Waals surface area contributed by atoms with E-state index in [1.54, 1.807) is 5.57 Å². The Bertz CT molecular complexity index is 814. The molecule has 5 aliphatic rings. The van der Waals surface area contributed by atoms with Crippen LogP contribution in [0, 0.1) is 50.2 Å². The molecule has 0 amide bonds. The van der Waals surface area contributed by atoms with E-state index in [0.717, 1.165) is 18.3 Å². The van der Waals surface area contributed by atoms with Crippen LogP contribution in [0.1, 0.15) is 113 Å². The van der Waals surface area contributed by atoms with Crippen LogP contribution >= 0.6 is 0 Å². The highest BCUT2D eigenvalue weighted by Crippen LogP contribution is 2.77. The maximum absolute atomic E-state index is 10.8. The zero-order valence-electron chi connectivity index (χ0n) is 22.1. The molecule has 0 bridgehead atoms. The second-order valence-electron chi connectivity index (χ2n) is 15.0. The van der Waals surface area contributed by atoms with Crippen molar-refractivity contribution >= 4 is 0 Å². The Morgan fingerprint density at radius 3 is 2.12 bits per heavy atom. The quantitative estimate of drug-likeness (QED) is 0.424. The third kappa shape index (κ3) is 2.78. The van der Waals surface area contributed by atoms with E-state index in [4.69, 9.17) is 0 Å². The number of rotatable bonds is 1. The molecule has 0 aromatic rings. The molecule has 0 saturated heterocycles. The Morgan fingerprint density at radius 2 is 1.44 bits per heavy atom.